The highest BCUT2D eigenvalue weighted by molar-refractivity contribution is 5.69. The number of rotatable bonds is 3. The SMILES string of the molecule is CC(C)(C)OC(=O)N1CC2(CCC(=O)O)CCC1CC2. The molecule has 20 heavy (non-hydrogen) atoms. The molecule has 2 heterocycles. The first-order valence-corrected chi connectivity index (χ1v) is 7.42. The number of hydrogen-bond acceptors (Lipinski definition) is 3. The van der Waals surface area contributed by atoms with Crippen molar-refractivity contribution in [2.75, 3.05) is 6.54 Å². The molecule has 3 rings (SSSR count). The van der Waals surface area contributed by atoms with Crippen molar-refractivity contribution in [3.05, 3.63) is 0 Å². The predicted molar refractivity (Wildman–Crippen MR) is 74.5 cm³/mol. The zero-order valence-electron chi connectivity index (χ0n) is 12.6. The van der Waals surface area contributed by atoms with Crippen LogP contribution in [0.1, 0.15) is 59.3 Å². The molecule has 2 saturated heterocycles. The summed E-state index contributed by atoms with van der Waals surface area (Å²) in [7, 11) is 0. The van der Waals surface area contributed by atoms with E-state index in [2.05, 4.69) is 0 Å². The van der Waals surface area contributed by atoms with Crippen LogP contribution in [0.25, 0.3) is 0 Å². The van der Waals surface area contributed by atoms with Gasteiger partial charge in [0.1, 0.15) is 5.60 Å². The number of carbonyl (C=O) groups is 2. The Morgan fingerprint density at radius 1 is 1.30 bits per heavy atom. The molecule has 0 unspecified atom stereocenters. The van der Waals surface area contributed by atoms with E-state index in [4.69, 9.17) is 9.84 Å². The molecule has 3 aliphatic rings. The Labute approximate surface area is 120 Å². The predicted octanol–water partition coefficient (Wildman–Crippen LogP) is 3.03. The quantitative estimate of drug-likeness (QED) is 0.864. The number of carboxylic acids is 1. The minimum Gasteiger partial charge on any atom is -0.481 e. The van der Waals surface area contributed by atoms with Crippen molar-refractivity contribution >= 4 is 12.1 Å². The van der Waals surface area contributed by atoms with E-state index in [-0.39, 0.29) is 24.0 Å². The topological polar surface area (TPSA) is 66.8 Å². The lowest BCUT2D eigenvalue weighted by Crippen LogP contribution is -2.57. The number of piperidine rings is 2. The maximum absolute atomic E-state index is 12.3. The van der Waals surface area contributed by atoms with Crippen LogP contribution in [0.2, 0.25) is 0 Å². The average Bonchev–Trinajstić information content (AvgIpc) is 2.36. The van der Waals surface area contributed by atoms with Gasteiger partial charge >= 0.3 is 12.1 Å². The van der Waals surface area contributed by atoms with Crippen molar-refractivity contribution in [3.63, 3.8) is 0 Å². The second-order valence-corrected chi connectivity index (χ2v) is 7.23. The zero-order valence-corrected chi connectivity index (χ0v) is 12.6. The summed E-state index contributed by atoms with van der Waals surface area (Å²) in [5.41, 5.74) is -0.494. The third-order valence-electron chi connectivity index (χ3n) is 4.46. The number of amides is 1. The van der Waals surface area contributed by atoms with Crippen LogP contribution in [-0.4, -0.2) is 40.3 Å². The van der Waals surface area contributed by atoms with Gasteiger partial charge in [-0.2, -0.15) is 0 Å². The highest BCUT2D eigenvalue weighted by Gasteiger charge is 2.47. The molecule has 1 N–H and O–H groups in total. The van der Waals surface area contributed by atoms with Crippen LogP contribution in [0.4, 0.5) is 4.79 Å². The van der Waals surface area contributed by atoms with Crippen molar-refractivity contribution in [1.82, 2.24) is 4.90 Å². The molecule has 1 saturated carbocycles. The minimum atomic E-state index is -0.754. The number of ether oxygens (including phenoxy) is 1. The van der Waals surface area contributed by atoms with Gasteiger partial charge in [0.05, 0.1) is 0 Å². The molecule has 0 aromatic heterocycles. The first-order chi connectivity index (χ1) is 9.21. The van der Waals surface area contributed by atoms with Crippen LogP contribution < -0.4 is 0 Å². The zero-order chi connectivity index (χ0) is 15.0. The van der Waals surface area contributed by atoms with Crippen molar-refractivity contribution < 1.29 is 19.4 Å². The number of nitrogens with zero attached hydrogens (tertiary/aromatic N) is 1. The molecule has 0 aromatic carbocycles. The number of aliphatic carboxylic acids is 1. The number of fused-ring (bicyclic) bond motifs is 3. The molecule has 3 fully saturated rings. The second kappa shape index (κ2) is 5.26. The fourth-order valence-corrected chi connectivity index (χ4v) is 3.41. The van der Waals surface area contributed by atoms with Crippen LogP contribution in [-0.2, 0) is 9.53 Å². The highest BCUT2D eigenvalue weighted by Crippen LogP contribution is 2.47. The van der Waals surface area contributed by atoms with E-state index in [0.717, 1.165) is 25.7 Å². The molecule has 1 aliphatic carbocycles. The molecule has 114 valence electrons. The Kier molecular flexibility index (Phi) is 3.98. The molecular weight excluding hydrogens is 258 g/mol. The number of carbonyl (C=O) groups excluding carboxylic acids is 1. The summed E-state index contributed by atoms with van der Waals surface area (Å²) in [5.74, 6) is -0.754. The van der Waals surface area contributed by atoms with E-state index in [9.17, 15) is 9.59 Å². The third-order valence-corrected chi connectivity index (χ3v) is 4.46. The fraction of sp³-hybridized carbons (Fsp3) is 0.867. The van der Waals surface area contributed by atoms with E-state index in [1.807, 2.05) is 25.7 Å². The number of carboxylic acid groups (broad SMARTS) is 1. The lowest BCUT2D eigenvalue weighted by Gasteiger charge is -2.52. The van der Waals surface area contributed by atoms with E-state index in [1.54, 1.807) is 0 Å². The maximum atomic E-state index is 12.3. The summed E-state index contributed by atoms with van der Waals surface area (Å²) in [6.07, 6.45) is 4.61. The molecule has 0 atom stereocenters. The van der Waals surface area contributed by atoms with Gasteiger partial charge < -0.3 is 14.7 Å². The van der Waals surface area contributed by atoms with Gasteiger partial charge in [-0.15, -0.1) is 0 Å². The molecule has 5 heteroatoms. The van der Waals surface area contributed by atoms with E-state index in [0.29, 0.717) is 13.0 Å². The van der Waals surface area contributed by atoms with Gasteiger partial charge in [-0.1, -0.05) is 0 Å². The van der Waals surface area contributed by atoms with Crippen LogP contribution in [0, 0.1) is 5.41 Å². The Balaban J connectivity index is 2.02. The molecule has 0 radical (unpaired) electrons. The van der Waals surface area contributed by atoms with Crippen LogP contribution in [0.5, 0.6) is 0 Å². The summed E-state index contributed by atoms with van der Waals surface area (Å²) in [6, 6.07) is 0.275. The smallest absolute Gasteiger partial charge is 0.410 e. The molecule has 2 aliphatic heterocycles. The van der Waals surface area contributed by atoms with Crippen molar-refractivity contribution in [1.29, 1.82) is 0 Å². The van der Waals surface area contributed by atoms with Gasteiger partial charge in [0.25, 0.3) is 0 Å². The molecule has 2 bridgehead atoms. The monoisotopic (exact) mass is 283 g/mol. The third kappa shape index (κ3) is 3.44. The van der Waals surface area contributed by atoms with Gasteiger partial charge in [-0.05, 0) is 58.3 Å². The summed E-state index contributed by atoms with van der Waals surface area (Å²) in [4.78, 5) is 24.9. The average molecular weight is 283 g/mol. The van der Waals surface area contributed by atoms with E-state index < -0.39 is 11.6 Å². The van der Waals surface area contributed by atoms with Crippen molar-refractivity contribution in [2.45, 2.75) is 70.9 Å². The first-order valence-electron chi connectivity index (χ1n) is 7.42. The molecule has 1 amide bonds. The van der Waals surface area contributed by atoms with Gasteiger partial charge in [-0.25, -0.2) is 4.79 Å². The highest BCUT2D eigenvalue weighted by atomic mass is 16.6. The normalized spacial score (nSPS) is 29.4. The van der Waals surface area contributed by atoms with Gasteiger partial charge in [0.15, 0.2) is 0 Å². The first kappa shape index (κ1) is 15.1. The van der Waals surface area contributed by atoms with Crippen LogP contribution in [0.3, 0.4) is 0 Å². The Bertz CT molecular complexity index is 391. The minimum absolute atomic E-state index is 0.00988. The van der Waals surface area contributed by atoms with Crippen molar-refractivity contribution in [2.24, 2.45) is 5.41 Å². The van der Waals surface area contributed by atoms with Crippen LogP contribution >= 0.6 is 0 Å². The Morgan fingerprint density at radius 2 is 1.90 bits per heavy atom. The molecular formula is C15H25NO4. The fourth-order valence-electron chi connectivity index (χ4n) is 3.41. The summed E-state index contributed by atoms with van der Waals surface area (Å²) in [5, 5.41) is 8.89. The molecule has 0 spiro atoms. The molecule has 0 aromatic rings. The standard InChI is InChI=1S/C15H25NO4/c1-14(2,3)20-13(19)16-10-15(9-6-12(17)18)7-4-11(16)5-8-15/h11H,4-10H2,1-3H3,(H,17,18). The maximum Gasteiger partial charge on any atom is 0.410 e. The Hall–Kier alpha value is -1.26. The van der Waals surface area contributed by atoms with Crippen molar-refractivity contribution in [3.8, 4) is 0 Å². The number of hydrogen-bond donors (Lipinski definition) is 1. The van der Waals surface area contributed by atoms with E-state index >= 15 is 0 Å². The van der Waals surface area contributed by atoms with Crippen LogP contribution in [0.15, 0.2) is 0 Å². The van der Waals surface area contributed by atoms with Gasteiger partial charge in [0, 0.05) is 19.0 Å². The second-order valence-electron chi connectivity index (χ2n) is 7.23. The molecule has 5 nitrogen and oxygen atoms in total. The summed E-state index contributed by atoms with van der Waals surface area (Å²) in [6.45, 7) is 6.26. The lowest BCUT2D eigenvalue weighted by molar-refractivity contribution is -0.138. The van der Waals surface area contributed by atoms with E-state index in [1.165, 1.54) is 0 Å². The van der Waals surface area contributed by atoms with Gasteiger partial charge in [0.2, 0.25) is 0 Å². The lowest BCUT2D eigenvalue weighted by atomic mass is 9.65. The summed E-state index contributed by atoms with van der Waals surface area (Å²) < 4.78 is 5.47. The largest absolute Gasteiger partial charge is 0.481 e. The Morgan fingerprint density at radius 3 is 2.40 bits per heavy atom. The summed E-state index contributed by atoms with van der Waals surface area (Å²) >= 11 is 0. The van der Waals surface area contributed by atoms with Gasteiger partial charge in [-0.3, -0.25) is 4.79 Å².